The van der Waals surface area contributed by atoms with Crippen molar-refractivity contribution >= 4 is 5.78 Å². The average molecular weight is 286 g/mol. The second kappa shape index (κ2) is 7.62. The lowest BCUT2D eigenvalue weighted by Gasteiger charge is -2.07. The van der Waals surface area contributed by atoms with Crippen molar-refractivity contribution in [2.75, 3.05) is 7.11 Å². The van der Waals surface area contributed by atoms with Crippen molar-refractivity contribution in [3.8, 4) is 5.75 Å². The van der Waals surface area contributed by atoms with Gasteiger partial charge in [-0.05, 0) is 30.5 Å². The van der Waals surface area contributed by atoms with Gasteiger partial charge in [-0.3, -0.25) is 4.79 Å². The van der Waals surface area contributed by atoms with Crippen molar-refractivity contribution in [3.63, 3.8) is 0 Å². The molecule has 0 amide bonds. The molecule has 112 valence electrons. The molecule has 0 aliphatic carbocycles. The van der Waals surface area contributed by atoms with Gasteiger partial charge in [-0.15, -0.1) is 0 Å². The molecule has 2 rings (SSSR count). The molecular formula is C17H22N2O2. The second-order valence-electron chi connectivity index (χ2n) is 5.15. The van der Waals surface area contributed by atoms with Gasteiger partial charge in [-0.25, -0.2) is 4.98 Å². The second-order valence-corrected chi connectivity index (χ2v) is 5.15. The Bertz CT molecular complexity index is 573. The average Bonchev–Trinajstić information content (AvgIpc) is 2.93. The number of nitrogens with zero attached hydrogens (tertiary/aromatic N) is 2. The van der Waals surface area contributed by atoms with E-state index in [-0.39, 0.29) is 5.78 Å². The van der Waals surface area contributed by atoms with Crippen molar-refractivity contribution < 1.29 is 9.53 Å². The summed E-state index contributed by atoms with van der Waals surface area (Å²) in [5.41, 5.74) is 2.29. The molecule has 4 nitrogen and oxygen atoms in total. The van der Waals surface area contributed by atoms with Gasteiger partial charge in [-0.1, -0.05) is 25.5 Å². The Labute approximate surface area is 125 Å². The Morgan fingerprint density at radius 1 is 1.24 bits per heavy atom. The molecular weight excluding hydrogens is 264 g/mol. The number of methoxy groups -OCH3 is 1. The van der Waals surface area contributed by atoms with Gasteiger partial charge in [0.1, 0.15) is 5.75 Å². The van der Waals surface area contributed by atoms with E-state index in [1.807, 2.05) is 35.0 Å². The van der Waals surface area contributed by atoms with E-state index in [4.69, 9.17) is 4.74 Å². The molecule has 0 aliphatic heterocycles. The fourth-order valence-corrected chi connectivity index (χ4v) is 2.30. The number of hydrogen-bond donors (Lipinski definition) is 0. The quantitative estimate of drug-likeness (QED) is 0.749. The highest BCUT2D eigenvalue weighted by Crippen LogP contribution is 2.13. The van der Waals surface area contributed by atoms with Crippen molar-refractivity contribution in [3.05, 3.63) is 48.0 Å². The van der Waals surface area contributed by atoms with Crippen molar-refractivity contribution in [2.24, 2.45) is 0 Å². The monoisotopic (exact) mass is 286 g/mol. The lowest BCUT2D eigenvalue weighted by molar-refractivity contribution is -0.119. The molecule has 4 heteroatoms. The van der Waals surface area contributed by atoms with Crippen molar-refractivity contribution in [2.45, 2.75) is 39.2 Å². The maximum Gasteiger partial charge on any atom is 0.152 e. The number of imidazole rings is 1. The SMILES string of the molecule is CCCc1cncn1CC(=O)CCc1ccc(OC)cc1. The molecule has 0 saturated heterocycles. The molecule has 0 N–H and O–H groups in total. The maximum absolute atomic E-state index is 12.1. The predicted octanol–water partition coefficient (Wildman–Crippen LogP) is 3.05. The highest BCUT2D eigenvalue weighted by molar-refractivity contribution is 5.78. The molecule has 0 unspecified atom stereocenters. The summed E-state index contributed by atoms with van der Waals surface area (Å²) in [6, 6.07) is 7.86. The Hall–Kier alpha value is -2.10. The van der Waals surface area contributed by atoms with Gasteiger partial charge in [0.15, 0.2) is 5.78 Å². The van der Waals surface area contributed by atoms with Gasteiger partial charge in [0.2, 0.25) is 0 Å². The third-order valence-electron chi connectivity index (χ3n) is 3.50. The minimum atomic E-state index is 0.237. The van der Waals surface area contributed by atoms with Crippen LogP contribution in [0.3, 0.4) is 0 Å². The Morgan fingerprint density at radius 3 is 2.67 bits per heavy atom. The van der Waals surface area contributed by atoms with Crippen LogP contribution in [0.2, 0.25) is 0 Å². The molecule has 1 aromatic heterocycles. The first-order chi connectivity index (χ1) is 10.2. The first-order valence-electron chi connectivity index (χ1n) is 7.36. The van der Waals surface area contributed by atoms with Crippen LogP contribution in [0.25, 0.3) is 0 Å². The number of aromatic nitrogens is 2. The maximum atomic E-state index is 12.1. The summed E-state index contributed by atoms with van der Waals surface area (Å²) in [6.45, 7) is 2.55. The molecule has 0 bridgehead atoms. The Morgan fingerprint density at radius 2 is 2.00 bits per heavy atom. The molecule has 0 radical (unpaired) electrons. The molecule has 0 aliphatic rings. The van der Waals surface area contributed by atoms with Crippen LogP contribution in [-0.4, -0.2) is 22.4 Å². The van der Waals surface area contributed by atoms with Crippen LogP contribution >= 0.6 is 0 Å². The summed E-state index contributed by atoms with van der Waals surface area (Å²) in [5, 5.41) is 0. The van der Waals surface area contributed by atoms with E-state index in [1.54, 1.807) is 13.4 Å². The summed E-state index contributed by atoms with van der Waals surface area (Å²) in [5.74, 6) is 1.08. The minimum Gasteiger partial charge on any atom is -0.497 e. The molecule has 1 heterocycles. The minimum absolute atomic E-state index is 0.237. The standard InChI is InChI=1S/C17H22N2O2/c1-3-4-15-11-18-13-19(15)12-16(20)8-5-14-6-9-17(21-2)10-7-14/h6-7,9-11,13H,3-5,8,12H2,1-2H3. The number of benzene rings is 1. The zero-order valence-corrected chi connectivity index (χ0v) is 12.7. The lowest BCUT2D eigenvalue weighted by atomic mass is 10.1. The van der Waals surface area contributed by atoms with Crippen LogP contribution in [0.4, 0.5) is 0 Å². The zero-order chi connectivity index (χ0) is 15.1. The highest BCUT2D eigenvalue weighted by atomic mass is 16.5. The zero-order valence-electron chi connectivity index (χ0n) is 12.7. The smallest absolute Gasteiger partial charge is 0.152 e. The van der Waals surface area contributed by atoms with E-state index in [1.165, 1.54) is 0 Å². The van der Waals surface area contributed by atoms with Crippen LogP contribution in [0, 0.1) is 0 Å². The van der Waals surface area contributed by atoms with Crippen LogP contribution < -0.4 is 4.74 Å². The fourth-order valence-electron chi connectivity index (χ4n) is 2.30. The highest BCUT2D eigenvalue weighted by Gasteiger charge is 2.07. The fraction of sp³-hybridized carbons (Fsp3) is 0.412. The van der Waals surface area contributed by atoms with Gasteiger partial charge >= 0.3 is 0 Å². The summed E-state index contributed by atoms with van der Waals surface area (Å²) in [7, 11) is 1.65. The van der Waals surface area contributed by atoms with Gasteiger partial charge in [0, 0.05) is 18.3 Å². The molecule has 0 fully saturated rings. The van der Waals surface area contributed by atoms with Gasteiger partial charge in [0.05, 0.1) is 20.0 Å². The number of hydrogen-bond acceptors (Lipinski definition) is 3. The largest absolute Gasteiger partial charge is 0.497 e. The Balaban J connectivity index is 1.85. The topological polar surface area (TPSA) is 44.1 Å². The molecule has 0 spiro atoms. The summed E-state index contributed by atoms with van der Waals surface area (Å²) in [6.07, 6.45) is 6.94. The molecule has 21 heavy (non-hydrogen) atoms. The predicted molar refractivity (Wildman–Crippen MR) is 82.5 cm³/mol. The number of ketones is 1. The molecule has 0 saturated carbocycles. The third kappa shape index (κ3) is 4.45. The molecule has 2 aromatic rings. The number of rotatable bonds is 8. The summed E-state index contributed by atoms with van der Waals surface area (Å²) >= 11 is 0. The van der Waals surface area contributed by atoms with Crippen LogP contribution in [0.5, 0.6) is 5.75 Å². The first kappa shape index (κ1) is 15.3. The summed E-state index contributed by atoms with van der Waals surface area (Å²) in [4.78, 5) is 16.2. The van der Waals surface area contributed by atoms with Gasteiger partial charge in [-0.2, -0.15) is 0 Å². The van der Waals surface area contributed by atoms with Gasteiger partial charge < -0.3 is 9.30 Å². The number of Topliss-reactive ketones (excluding diaryl/α,β-unsaturated/α-hetero) is 1. The number of carbonyl (C=O) groups is 1. The normalized spacial score (nSPS) is 10.6. The van der Waals surface area contributed by atoms with E-state index in [0.29, 0.717) is 13.0 Å². The van der Waals surface area contributed by atoms with Gasteiger partial charge in [0.25, 0.3) is 0 Å². The van der Waals surface area contributed by atoms with E-state index in [9.17, 15) is 4.79 Å². The number of ether oxygens (including phenoxy) is 1. The summed E-state index contributed by atoms with van der Waals surface area (Å²) < 4.78 is 7.08. The molecule has 1 aromatic carbocycles. The number of carbonyl (C=O) groups excluding carboxylic acids is 1. The number of aryl methyl sites for hydroxylation is 2. The first-order valence-corrected chi connectivity index (χ1v) is 7.36. The van der Waals surface area contributed by atoms with Crippen molar-refractivity contribution in [1.29, 1.82) is 0 Å². The third-order valence-corrected chi connectivity index (χ3v) is 3.50. The van der Waals surface area contributed by atoms with Crippen molar-refractivity contribution in [1.82, 2.24) is 9.55 Å². The van der Waals surface area contributed by atoms with E-state index >= 15 is 0 Å². The van der Waals surface area contributed by atoms with E-state index in [0.717, 1.165) is 36.3 Å². The van der Waals surface area contributed by atoms with E-state index in [2.05, 4.69) is 11.9 Å². The molecule has 0 atom stereocenters. The van der Waals surface area contributed by atoms with E-state index < -0.39 is 0 Å². The van der Waals surface area contributed by atoms with Crippen LogP contribution in [0.1, 0.15) is 31.0 Å². The Kier molecular flexibility index (Phi) is 5.55. The lowest BCUT2D eigenvalue weighted by Crippen LogP contribution is -2.12. The van der Waals surface area contributed by atoms with Crippen LogP contribution in [-0.2, 0) is 24.2 Å². The van der Waals surface area contributed by atoms with Crippen LogP contribution in [0.15, 0.2) is 36.8 Å².